The van der Waals surface area contributed by atoms with Crippen LogP contribution >= 0.6 is 0 Å². The minimum Gasteiger partial charge on any atom is -0.354 e. The Hall–Kier alpha value is -3.04. The summed E-state index contributed by atoms with van der Waals surface area (Å²) in [5, 5.41) is 4.44. The summed E-state index contributed by atoms with van der Waals surface area (Å²) in [5.74, 6) is 0.176. The molecular weight excluding hydrogens is 431 g/mol. The van der Waals surface area contributed by atoms with Crippen LogP contribution in [-0.2, 0) is 10.0 Å². The molecule has 1 aliphatic rings. The summed E-state index contributed by atoms with van der Waals surface area (Å²) >= 11 is 0. The SMILES string of the molecule is Cc1ccc(S(=O)(=O)N2CCCN(c3ccc(=O)n(-c4ccc(F)cc4)n3)CC2)cc1C. The molecule has 168 valence electrons. The van der Waals surface area contributed by atoms with Crippen LogP contribution in [0.1, 0.15) is 17.5 Å². The van der Waals surface area contributed by atoms with Gasteiger partial charge in [-0.05, 0) is 73.9 Å². The number of sulfonamides is 1. The Bertz CT molecular complexity index is 1290. The predicted octanol–water partition coefficient (Wildman–Crippen LogP) is 2.89. The predicted molar refractivity (Wildman–Crippen MR) is 121 cm³/mol. The summed E-state index contributed by atoms with van der Waals surface area (Å²) < 4.78 is 42.3. The maximum absolute atomic E-state index is 13.2. The number of aryl methyl sites for hydroxylation is 2. The van der Waals surface area contributed by atoms with Gasteiger partial charge in [-0.3, -0.25) is 4.79 Å². The first-order valence-corrected chi connectivity index (χ1v) is 11.9. The quantitative estimate of drug-likeness (QED) is 0.604. The number of rotatable bonds is 4. The van der Waals surface area contributed by atoms with E-state index in [2.05, 4.69) is 5.10 Å². The molecule has 0 saturated carbocycles. The summed E-state index contributed by atoms with van der Waals surface area (Å²) in [7, 11) is -3.60. The largest absolute Gasteiger partial charge is 0.354 e. The standard InChI is InChI=1S/C23H25FN4O3S/c1-17-4-9-21(16-18(17)2)32(30,31)27-13-3-12-26(14-15-27)22-10-11-23(29)28(25-22)20-7-5-19(24)6-8-20/h4-11,16H,3,12-15H2,1-2H3. The van der Waals surface area contributed by atoms with E-state index < -0.39 is 15.8 Å². The lowest BCUT2D eigenvalue weighted by Gasteiger charge is -2.23. The van der Waals surface area contributed by atoms with Gasteiger partial charge >= 0.3 is 0 Å². The minimum absolute atomic E-state index is 0.303. The van der Waals surface area contributed by atoms with Crippen LogP contribution in [0.4, 0.5) is 10.2 Å². The Morgan fingerprint density at radius 1 is 0.875 bits per heavy atom. The van der Waals surface area contributed by atoms with Crippen molar-refractivity contribution in [3.8, 4) is 5.69 Å². The van der Waals surface area contributed by atoms with E-state index in [9.17, 15) is 17.6 Å². The van der Waals surface area contributed by atoms with Gasteiger partial charge in [0.15, 0.2) is 0 Å². The van der Waals surface area contributed by atoms with Crippen LogP contribution < -0.4 is 10.5 Å². The zero-order valence-electron chi connectivity index (χ0n) is 18.0. The van der Waals surface area contributed by atoms with E-state index in [-0.39, 0.29) is 5.56 Å². The van der Waals surface area contributed by atoms with Gasteiger partial charge in [-0.15, -0.1) is 5.10 Å². The van der Waals surface area contributed by atoms with Crippen LogP contribution in [0.15, 0.2) is 64.3 Å². The number of hydrogen-bond acceptors (Lipinski definition) is 5. The fourth-order valence-corrected chi connectivity index (χ4v) is 5.28. The summed E-state index contributed by atoms with van der Waals surface area (Å²) in [6.07, 6.45) is 0.626. The lowest BCUT2D eigenvalue weighted by molar-refractivity contribution is 0.433. The van der Waals surface area contributed by atoms with E-state index in [0.29, 0.717) is 49.0 Å². The molecule has 3 aromatic rings. The molecule has 0 spiro atoms. The van der Waals surface area contributed by atoms with E-state index in [4.69, 9.17) is 0 Å². The second kappa shape index (κ2) is 8.84. The Morgan fingerprint density at radius 2 is 1.62 bits per heavy atom. The lowest BCUT2D eigenvalue weighted by Crippen LogP contribution is -2.36. The maximum atomic E-state index is 13.2. The van der Waals surface area contributed by atoms with Gasteiger partial charge in [-0.2, -0.15) is 8.99 Å². The minimum atomic E-state index is -3.60. The fourth-order valence-electron chi connectivity index (χ4n) is 3.72. The molecule has 2 aromatic carbocycles. The molecule has 2 heterocycles. The zero-order chi connectivity index (χ0) is 22.9. The molecule has 1 saturated heterocycles. The third-order valence-corrected chi connectivity index (χ3v) is 7.65. The van der Waals surface area contributed by atoms with Crippen LogP contribution in [0.3, 0.4) is 0 Å². The highest BCUT2D eigenvalue weighted by molar-refractivity contribution is 7.89. The smallest absolute Gasteiger partial charge is 0.271 e. The fraction of sp³-hybridized carbons (Fsp3) is 0.304. The number of hydrogen-bond donors (Lipinski definition) is 0. The van der Waals surface area contributed by atoms with E-state index in [1.165, 1.54) is 39.3 Å². The van der Waals surface area contributed by atoms with E-state index in [1.807, 2.05) is 24.8 Å². The number of benzene rings is 2. The van der Waals surface area contributed by atoms with E-state index >= 15 is 0 Å². The van der Waals surface area contributed by atoms with E-state index in [0.717, 1.165) is 11.1 Å². The number of halogens is 1. The normalized spacial score (nSPS) is 15.5. The highest BCUT2D eigenvalue weighted by Gasteiger charge is 2.27. The summed E-state index contributed by atoms with van der Waals surface area (Å²) in [5.41, 5.74) is 2.13. The molecule has 7 nitrogen and oxygen atoms in total. The monoisotopic (exact) mass is 456 g/mol. The van der Waals surface area contributed by atoms with Gasteiger partial charge < -0.3 is 4.90 Å². The summed E-state index contributed by atoms with van der Waals surface area (Å²) in [6.45, 7) is 5.62. The second-order valence-corrected chi connectivity index (χ2v) is 9.85. The van der Waals surface area contributed by atoms with Gasteiger partial charge in [0.1, 0.15) is 11.6 Å². The third-order valence-electron chi connectivity index (χ3n) is 5.75. The van der Waals surface area contributed by atoms with E-state index in [1.54, 1.807) is 18.2 Å². The molecule has 0 aliphatic carbocycles. The molecule has 1 aliphatic heterocycles. The number of nitrogens with zero attached hydrogens (tertiary/aromatic N) is 4. The first-order valence-electron chi connectivity index (χ1n) is 10.4. The van der Waals surface area contributed by atoms with Gasteiger partial charge in [0.05, 0.1) is 10.6 Å². The van der Waals surface area contributed by atoms with Gasteiger partial charge in [0.25, 0.3) is 5.56 Å². The van der Waals surface area contributed by atoms with Crippen LogP contribution in [0.25, 0.3) is 5.69 Å². The Morgan fingerprint density at radius 3 is 2.34 bits per heavy atom. The lowest BCUT2D eigenvalue weighted by atomic mass is 10.1. The first-order chi connectivity index (χ1) is 15.3. The van der Waals surface area contributed by atoms with Crippen molar-refractivity contribution in [3.05, 3.63) is 81.9 Å². The average molecular weight is 457 g/mol. The Kier molecular flexibility index (Phi) is 6.12. The number of aromatic nitrogens is 2. The van der Waals surface area contributed by atoms with Crippen molar-refractivity contribution in [1.29, 1.82) is 0 Å². The van der Waals surface area contributed by atoms with Crippen molar-refractivity contribution < 1.29 is 12.8 Å². The third kappa shape index (κ3) is 4.44. The van der Waals surface area contributed by atoms with Crippen LogP contribution in [0.2, 0.25) is 0 Å². The highest BCUT2D eigenvalue weighted by Crippen LogP contribution is 2.22. The molecule has 32 heavy (non-hydrogen) atoms. The molecule has 0 atom stereocenters. The molecule has 1 fully saturated rings. The van der Waals surface area contributed by atoms with Crippen molar-refractivity contribution in [2.45, 2.75) is 25.2 Å². The Balaban J connectivity index is 1.56. The van der Waals surface area contributed by atoms with Crippen molar-refractivity contribution >= 4 is 15.8 Å². The van der Waals surface area contributed by atoms with Crippen molar-refractivity contribution in [2.24, 2.45) is 0 Å². The average Bonchev–Trinajstić information content (AvgIpc) is 3.03. The maximum Gasteiger partial charge on any atom is 0.271 e. The van der Waals surface area contributed by atoms with Crippen molar-refractivity contribution in [3.63, 3.8) is 0 Å². The molecule has 0 radical (unpaired) electrons. The summed E-state index contributed by atoms with van der Waals surface area (Å²) in [4.78, 5) is 14.6. The molecule has 1 aromatic heterocycles. The first kappa shape index (κ1) is 22.2. The molecule has 0 amide bonds. The van der Waals surface area contributed by atoms with Gasteiger partial charge in [-0.1, -0.05) is 6.07 Å². The number of anilines is 1. The van der Waals surface area contributed by atoms with Crippen molar-refractivity contribution in [1.82, 2.24) is 14.1 Å². The topological polar surface area (TPSA) is 75.5 Å². The molecule has 0 bridgehead atoms. The molecule has 0 unspecified atom stereocenters. The molecule has 4 rings (SSSR count). The van der Waals surface area contributed by atoms with Crippen LogP contribution in [0, 0.1) is 19.7 Å². The van der Waals surface area contributed by atoms with Crippen LogP contribution in [-0.4, -0.2) is 48.7 Å². The molecule has 9 heteroatoms. The Labute approximate surface area is 186 Å². The van der Waals surface area contributed by atoms with Gasteiger partial charge in [0, 0.05) is 32.2 Å². The van der Waals surface area contributed by atoms with Crippen LogP contribution in [0.5, 0.6) is 0 Å². The van der Waals surface area contributed by atoms with Crippen molar-refractivity contribution in [2.75, 3.05) is 31.1 Å². The second-order valence-electron chi connectivity index (χ2n) is 7.91. The molecule has 0 N–H and O–H groups in total. The summed E-state index contributed by atoms with van der Waals surface area (Å²) in [6, 6.07) is 13.8. The molecular formula is C23H25FN4O3S. The van der Waals surface area contributed by atoms with Gasteiger partial charge in [-0.25, -0.2) is 12.8 Å². The van der Waals surface area contributed by atoms with Gasteiger partial charge in [0.2, 0.25) is 10.0 Å². The zero-order valence-corrected chi connectivity index (χ0v) is 18.8. The highest BCUT2D eigenvalue weighted by atomic mass is 32.2.